The highest BCUT2D eigenvalue weighted by atomic mass is 32.2. The van der Waals surface area contributed by atoms with Gasteiger partial charge in [-0.3, -0.25) is 0 Å². The molecule has 2 rings (SSSR count). The van der Waals surface area contributed by atoms with Gasteiger partial charge in [0.15, 0.2) is 4.34 Å². The van der Waals surface area contributed by atoms with Gasteiger partial charge in [-0.05, 0) is 35.0 Å². The summed E-state index contributed by atoms with van der Waals surface area (Å²) in [5.74, 6) is 2.45. The Balaban J connectivity index is 1.89. The summed E-state index contributed by atoms with van der Waals surface area (Å²) in [7, 11) is 0. The highest BCUT2D eigenvalue weighted by Gasteiger charge is 2.10. The van der Waals surface area contributed by atoms with Gasteiger partial charge in [-0.2, -0.15) is 4.37 Å². The molecule has 0 aliphatic heterocycles. The number of aryl methyl sites for hydroxylation is 1. The summed E-state index contributed by atoms with van der Waals surface area (Å²) >= 11 is 3.16. The molecule has 3 nitrogen and oxygen atoms in total. The molecule has 0 saturated carbocycles. The van der Waals surface area contributed by atoms with Crippen LogP contribution in [0, 0.1) is 5.92 Å². The van der Waals surface area contributed by atoms with E-state index < -0.39 is 0 Å². The van der Waals surface area contributed by atoms with Crippen LogP contribution in [0.25, 0.3) is 0 Å². The fraction of sp³-hybridized carbons (Fsp3) is 0.500. The van der Waals surface area contributed by atoms with Gasteiger partial charge in [-0.1, -0.05) is 56.8 Å². The van der Waals surface area contributed by atoms with E-state index in [2.05, 4.69) is 54.4 Å². The Kier molecular flexibility index (Phi) is 6.21. The fourth-order valence-corrected chi connectivity index (χ4v) is 3.78. The quantitative estimate of drug-likeness (QED) is 0.780. The van der Waals surface area contributed by atoms with Crippen LogP contribution in [0.2, 0.25) is 0 Å². The lowest BCUT2D eigenvalue weighted by Crippen LogP contribution is -2.13. The maximum atomic E-state index is 6.27. The first-order valence-corrected chi connectivity index (χ1v) is 9.14. The molecule has 1 aromatic heterocycles. The number of benzene rings is 1. The van der Waals surface area contributed by atoms with Crippen LogP contribution in [0.1, 0.15) is 43.8 Å². The third-order valence-electron chi connectivity index (χ3n) is 3.20. The molecular weight excluding hydrogens is 298 g/mol. The van der Waals surface area contributed by atoms with E-state index in [9.17, 15) is 0 Å². The van der Waals surface area contributed by atoms with Crippen molar-refractivity contribution in [1.82, 2.24) is 9.36 Å². The van der Waals surface area contributed by atoms with Crippen molar-refractivity contribution in [2.75, 3.05) is 5.75 Å². The topological polar surface area (TPSA) is 51.8 Å². The van der Waals surface area contributed by atoms with Crippen LogP contribution in [-0.4, -0.2) is 15.1 Å². The van der Waals surface area contributed by atoms with Crippen molar-refractivity contribution in [3.8, 4) is 0 Å². The first-order valence-electron chi connectivity index (χ1n) is 7.38. The monoisotopic (exact) mass is 321 g/mol. The van der Waals surface area contributed by atoms with Gasteiger partial charge in [-0.15, -0.1) is 0 Å². The molecule has 1 heterocycles. The minimum atomic E-state index is 0.0390. The maximum Gasteiger partial charge on any atom is 0.170 e. The molecule has 0 amide bonds. The maximum absolute atomic E-state index is 6.27. The first-order chi connectivity index (χ1) is 10.1. The van der Waals surface area contributed by atoms with E-state index in [0.29, 0.717) is 5.92 Å². The van der Waals surface area contributed by atoms with Crippen LogP contribution in [0.5, 0.6) is 0 Å². The third kappa shape index (κ3) is 5.09. The van der Waals surface area contributed by atoms with Crippen LogP contribution in [0.4, 0.5) is 0 Å². The highest BCUT2D eigenvalue weighted by molar-refractivity contribution is 8.00. The van der Waals surface area contributed by atoms with Gasteiger partial charge < -0.3 is 5.73 Å². The molecule has 0 radical (unpaired) electrons. The molecule has 5 heteroatoms. The van der Waals surface area contributed by atoms with Gasteiger partial charge in [0.05, 0.1) is 0 Å². The van der Waals surface area contributed by atoms with E-state index >= 15 is 0 Å². The van der Waals surface area contributed by atoms with Gasteiger partial charge in [-0.25, -0.2) is 4.98 Å². The van der Waals surface area contributed by atoms with Crippen LogP contribution >= 0.6 is 23.3 Å². The number of thioether (sulfide) groups is 1. The molecule has 114 valence electrons. The zero-order valence-electron chi connectivity index (χ0n) is 12.9. The normalized spacial score (nSPS) is 12.8. The lowest BCUT2D eigenvalue weighted by molar-refractivity contribution is 0.647. The molecule has 2 N–H and O–H groups in total. The third-order valence-corrected chi connectivity index (χ3v) is 5.19. The second-order valence-electron chi connectivity index (χ2n) is 5.59. The Morgan fingerprint density at radius 1 is 1.24 bits per heavy atom. The van der Waals surface area contributed by atoms with E-state index in [-0.39, 0.29) is 6.04 Å². The van der Waals surface area contributed by atoms with Crippen molar-refractivity contribution in [1.29, 1.82) is 0 Å². The lowest BCUT2D eigenvalue weighted by atomic mass is 10.0. The second kappa shape index (κ2) is 7.92. The summed E-state index contributed by atoms with van der Waals surface area (Å²) in [4.78, 5) is 4.46. The zero-order chi connectivity index (χ0) is 15.2. The average Bonchev–Trinajstić information content (AvgIpc) is 2.93. The summed E-state index contributed by atoms with van der Waals surface area (Å²) in [5.41, 5.74) is 8.84. The van der Waals surface area contributed by atoms with Crippen molar-refractivity contribution in [3.05, 3.63) is 41.2 Å². The number of hydrogen-bond acceptors (Lipinski definition) is 5. The van der Waals surface area contributed by atoms with E-state index in [1.165, 1.54) is 22.7 Å². The van der Waals surface area contributed by atoms with Crippen LogP contribution < -0.4 is 5.73 Å². The summed E-state index contributed by atoms with van der Waals surface area (Å²) in [6.07, 6.45) is 2.01. The predicted octanol–water partition coefficient (Wildman–Crippen LogP) is 4.09. The van der Waals surface area contributed by atoms with E-state index in [1.54, 1.807) is 11.8 Å². The lowest BCUT2D eigenvalue weighted by Gasteiger charge is -2.12. The SMILES string of the molecule is CCc1nsc(SCC(N)c2ccc(CC(C)C)cc2)n1. The van der Waals surface area contributed by atoms with Crippen LogP contribution in [0.15, 0.2) is 28.6 Å². The summed E-state index contributed by atoms with van der Waals surface area (Å²) < 4.78 is 5.31. The molecule has 1 aromatic carbocycles. The first kappa shape index (κ1) is 16.5. The minimum absolute atomic E-state index is 0.0390. The summed E-state index contributed by atoms with van der Waals surface area (Å²) in [6.45, 7) is 6.55. The Morgan fingerprint density at radius 3 is 2.52 bits per heavy atom. The number of aromatic nitrogens is 2. The molecular formula is C16H23N3S2. The smallest absolute Gasteiger partial charge is 0.170 e. The standard InChI is InChI=1S/C16H23N3S2/c1-4-15-18-16(21-19-15)20-10-14(17)13-7-5-12(6-8-13)9-11(2)3/h5-8,11,14H,4,9-10,17H2,1-3H3. The average molecular weight is 322 g/mol. The second-order valence-corrected chi connectivity index (χ2v) is 7.61. The van der Waals surface area contributed by atoms with E-state index in [0.717, 1.165) is 28.8 Å². The van der Waals surface area contributed by atoms with Crippen LogP contribution in [0.3, 0.4) is 0 Å². The van der Waals surface area contributed by atoms with Crippen molar-refractivity contribution >= 4 is 23.3 Å². The molecule has 0 bridgehead atoms. The molecule has 0 fully saturated rings. The van der Waals surface area contributed by atoms with Gasteiger partial charge in [0.2, 0.25) is 0 Å². The van der Waals surface area contributed by atoms with E-state index in [4.69, 9.17) is 5.73 Å². The molecule has 0 saturated heterocycles. The molecule has 0 aliphatic carbocycles. The number of nitrogens with two attached hydrogens (primary N) is 1. The van der Waals surface area contributed by atoms with Gasteiger partial charge in [0.1, 0.15) is 5.82 Å². The van der Waals surface area contributed by atoms with Gasteiger partial charge in [0, 0.05) is 18.2 Å². The zero-order valence-corrected chi connectivity index (χ0v) is 14.5. The largest absolute Gasteiger partial charge is 0.323 e. The molecule has 2 aromatic rings. The van der Waals surface area contributed by atoms with Crippen molar-refractivity contribution in [3.63, 3.8) is 0 Å². The Labute approximate surface area is 135 Å². The number of rotatable bonds is 7. The Hall–Kier alpha value is -0.910. The number of nitrogens with zero attached hydrogens (tertiary/aromatic N) is 2. The van der Waals surface area contributed by atoms with E-state index in [1.807, 2.05) is 0 Å². The van der Waals surface area contributed by atoms with Crippen molar-refractivity contribution < 1.29 is 0 Å². The van der Waals surface area contributed by atoms with Crippen molar-refractivity contribution in [2.24, 2.45) is 11.7 Å². The number of hydrogen-bond donors (Lipinski definition) is 1. The predicted molar refractivity (Wildman–Crippen MR) is 91.9 cm³/mol. The molecule has 0 spiro atoms. The minimum Gasteiger partial charge on any atom is -0.323 e. The van der Waals surface area contributed by atoms with Gasteiger partial charge in [0.25, 0.3) is 0 Å². The molecule has 21 heavy (non-hydrogen) atoms. The molecule has 1 atom stereocenters. The van der Waals surface area contributed by atoms with Crippen molar-refractivity contribution in [2.45, 2.75) is 44.0 Å². The summed E-state index contributed by atoms with van der Waals surface area (Å²) in [6, 6.07) is 8.73. The molecule has 1 unspecified atom stereocenters. The fourth-order valence-electron chi connectivity index (χ4n) is 2.07. The summed E-state index contributed by atoms with van der Waals surface area (Å²) in [5, 5.41) is 0. The van der Waals surface area contributed by atoms with Crippen LogP contribution in [-0.2, 0) is 12.8 Å². The Bertz CT molecular complexity index is 549. The Morgan fingerprint density at radius 2 is 1.95 bits per heavy atom. The highest BCUT2D eigenvalue weighted by Crippen LogP contribution is 2.25. The van der Waals surface area contributed by atoms with Gasteiger partial charge >= 0.3 is 0 Å². The molecule has 0 aliphatic rings.